The van der Waals surface area contributed by atoms with Crippen LogP contribution in [0.15, 0.2) is 64.2 Å². The van der Waals surface area contributed by atoms with Gasteiger partial charge in [-0.05, 0) is 17.7 Å². The number of aromatic nitrogens is 2. The smallest absolute Gasteiger partial charge is 0.273 e. The van der Waals surface area contributed by atoms with Crippen molar-refractivity contribution in [2.24, 2.45) is 0 Å². The van der Waals surface area contributed by atoms with E-state index in [2.05, 4.69) is 5.10 Å². The van der Waals surface area contributed by atoms with Crippen LogP contribution in [0.1, 0.15) is 12.0 Å². The van der Waals surface area contributed by atoms with Gasteiger partial charge in [0, 0.05) is 19.5 Å². The predicted molar refractivity (Wildman–Crippen MR) is 102 cm³/mol. The Morgan fingerprint density at radius 2 is 1.67 bits per heavy atom. The maximum absolute atomic E-state index is 12.6. The lowest BCUT2D eigenvalue weighted by Crippen LogP contribution is -2.36. The molecule has 7 heteroatoms. The third kappa shape index (κ3) is 4.32. The van der Waals surface area contributed by atoms with E-state index in [0.717, 1.165) is 5.56 Å². The van der Waals surface area contributed by atoms with Crippen molar-refractivity contribution in [2.45, 2.75) is 19.5 Å². The maximum atomic E-state index is 12.6. The first kappa shape index (κ1) is 18.6. The predicted octanol–water partition coefficient (Wildman–Crippen LogP) is 1.10. The molecule has 0 spiro atoms. The van der Waals surface area contributed by atoms with E-state index in [1.54, 1.807) is 29.2 Å². The van der Waals surface area contributed by atoms with Gasteiger partial charge in [0.25, 0.3) is 11.1 Å². The van der Waals surface area contributed by atoms with Gasteiger partial charge in [-0.3, -0.25) is 19.5 Å². The first-order chi connectivity index (χ1) is 13.1. The summed E-state index contributed by atoms with van der Waals surface area (Å²) in [5.74, 6) is -0.200. The molecule has 140 valence electrons. The molecule has 2 N–H and O–H groups in total. The second-order valence-corrected chi connectivity index (χ2v) is 6.22. The maximum Gasteiger partial charge on any atom is 0.273 e. The van der Waals surface area contributed by atoms with E-state index in [-0.39, 0.29) is 43.1 Å². The molecule has 27 heavy (non-hydrogen) atoms. The molecular formula is C20H21N3O4. The Labute approximate surface area is 155 Å². The Hall–Kier alpha value is -3.19. The standard InChI is InChI=1S/C20H21N3O4/c24-13-12-22(14-15-6-2-1-3-7-15)18(25)10-11-23-20(27)17-9-5-4-8-16(17)19(26)21-23/h1-9,24H,10-14H2,(H,21,26). The highest BCUT2D eigenvalue weighted by Gasteiger charge is 2.15. The van der Waals surface area contributed by atoms with E-state index in [9.17, 15) is 19.5 Å². The molecule has 0 aliphatic rings. The first-order valence-corrected chi connectivity index (χ1v) is 8.74. The lowest BCUT2D eigenvalue weighted by atomic mass is 10.2. The third-order valence-electron chi connectivity index (χ3n) is 4.37. The molecule has 0 bridgehead atoms. The highest BCUT2D eigenvalue weighted by Crippen LogP contribution is 2.07. The molecule has 1 heterocycles. The molecule has 0 aliphatic carbocycles. The van der Waals surface area contributed by atoms with Crippen molar-refractivity contribution in [3.05, 3.63) is 80.9 Å². The van der Waals surface area contributed by atoms with E-state index >= 15 is 0 Å². The Bertz CT molecular complexity index is 1040. The first-order valence-electron chi connectivity index (χ1n) is 8.74. The van der Waals surface area contributed by atoms with Crippen molar-refractivity contribution >= 4 is 16.7 Å². The van der Waals surface area contributed by atoms with E-state index in [4.69, 9.17) is 0 Å². The van der Waals surface area contributed by atoms with Crippen LogP contribution in [0.25, 0.3) is 10.8 Å². The molecule has 0 unspecified atom stereocenters. The number of nitrogens with one attached hydrogen (secondary N) is 1. The van der Waals surface area contributed by atoms with Crippen LogP contribution in [0, 0.1) is 0 Å². The summed E-state index contributed by atoms with van der Waals surface area (Å²) in [6, 6.07) is 16.1. The van der Waals surface area contributed by atoms with Gasteiger partial charge < -0.3 is 10.0 Å². The van der Waals surface area contributed by atoms with Gasteiger partial charge in [-0.15, -0.1) is 0 Å². The molecule has 7 nitrogen and oxygen atoms in total. The summed E-state index contributed by atoms with van der Waals surface area (Å²) in [6.45, 7) is 0.500. The Balaban J connectivity index is 1.75. The number of hydrogen-bond donors (Lipinski definition) is 2. The number of amides is 1. The molecule has 0 radical (unpaired) electrons. The Kier molecular flexibility index (Phi) is 5.83. The molecule has 0 atom stereocenters. The lowest BCUT2D eigenvalue weighted by Gasteiger charge is -2.22. The minimum atomic E-state index is -0.367. The van der Waals surface area contributed by atoms with Crippen LogP contribution in [0.3, 0.4) is 0 Å². The minimum Gasteiger partial charge on any atom is -0.395 e. The third-order valence-corrected chi connectivity index (χ3v) is 4.37. The summed E-state index contributed by atoms with van der Waals surface area (Å²) in [5.41, 5.74) is 0.250. The van der Waals surface area contributed by atoms with Crippen molar-refractivity contribution < 1.29 is 9.90 Å². The zero-order valence-corrected chi connectivity index (χ0v) is 14.8. The quantitative estimate of drug-likeness (QED) is 0.654. The van der Waals surface area contributed by atoms with Gasteiger partial charge in [0.15, 0.2) is 0 Å². The summed E-state index contributed by atoms with van der Waals surface area (Å²) in [6.07, 6.45) is 0.0427. The van der Waals surface area contributed by atoms with Gasteiger partial charge in [-0.2, -0.15) is 0 Å². The van der Waals surface area contributed by atoms with Crippen LogP contribution < -0.4 is 11.1 Å². The molecule has 3 aromatic rings. The number of nitrogens with zero attached hydrogens (tertiary/aromatic N) is 2. The number of aliphatic hydroxyl groups excluding tert-OH is 1. The molecule has 0 aliphatic heterocycles. The van der Waals surface area contributed by atoms with Crippen LogP contribution in [0.5, 0.6) is 0 Å². The number of carbonyl (C=O) groups is 1. The van der Waals surface area contributed by atoms with Crippen molar-refractivity contribution in [2.75, 3.05) is 13.2 Å². The van der Waals surface area contributed by atoms with E-state index < -0.39 is 0 Å². The van der Waals surface area contributed by atoms with Gasteiger partial charge in [0.2, 0.25) is 5.91 Å². The molecule has 0 fully saturated rings. The van der Waals surface area contributed by atoms with Crippen LogP contribution in [-0.4, -0.2) is 38.8 Å². The van der Waals surface area contributed by atoms with E-state index in [1.165, 1.54) is 4.68 Å². The molecule has 2 aromatic carbocycles. The number of benzene rings is 2. The van der Waals surface area contributed by atoms with Crippen molar-refractivity contribution in [3.63, 3.8) is 0 Å². The second-order valence-electron chi connectivity index (χ2n) is 6.22. The summed E-state index contributed by atoms with van der Waals surface area (Å²) in [5, 5.41) is 12.4. The summed E-state index contributed by atoms with van der Waals surface area (Å²) >= 11 is 0. The molecule has 1 amide bonds. The van der Waals surface area contributed by atoms with E-state index in [1.807, 2.05) is 30.3 Å². The van der Waals surface area contributed by atoms with Crippen molar-refractivity contribution in [1.29, 1.82) is 0 Å². The summed E-state index contributed by atoms with van der Waals surface area (Å²) in [7, 11) is 0. The van der Waals surface area contributed by atoms with Crippen LogP contribution >= 0.6 is 0 Å². The van der Waals surface area contributed by atoms with Crippen LogP contribution in [0.2, 0.25) is 0 Å². The van der Waals surface area contributed by atoms with Crippen LogP contribution in [-0.2, 0) is 17.9 Å². The van der Waals surface area contributed by atoms with Crippen molar-refractivity contribution in [3.8, 4) is 0 Å². The average molecular weight is 367 g/mol. The fraction of sp³-hybridized carbons (Fsp3) is 0.250. The van der Waals surface area contributed by atoms with Gasteiger partial charge in [0.05, 0.1) is 23.9 Å². The van der Waals surface area contributed by atoms with Gasteiger partial charge >= 0.3 is 0 Å². The molecule has 3 rings (SSSR count). The highest BCUT2D eigenvalue weighted by molar-refractivity contribution is 5.80. The van der Waals surface area contributed by atoms with Gasteiger partial charge in [-0.1, -0.05) is 42.5 Å². The Morgan fingerprint density at radius 1 is 1.00 bits per heavy atom. The number of fused-ring (bicyclic) bond motifs is 1. The lowest BCUT2D eigenvalue weighted by molar-refractivity contribution is -0.132. The fourth-order valence-electron chi connectivity index (χ4n) is 2.99. The Morgan fingerprint density at radius 3 is 2.37 bits per heavy atom. The van der Waals surface area contributed by atoms with Gasteiger partial charge in [0.1, 0.15) is 0 Å². The average Bonchev–Trinajstić information content (AvgIpc) is 2.70. The number of hydrogen-bond acceptors (Lipinski definition) is 4. The van der Waals surface area contributed by atoms with E-state index in [0.29, 0.717) is 17.3 Å². The highest BCUT2D eigenvalue weighted by atomic mass is 16.3. The fourth-order valence-corrected chi connectivity index (χ4v) is 2.99. The number of carbonyl (C=O) groups excluding carboxylic acids is 1. The SMILES string of the molecule is O=C(CCn1[nH]c(=O)c2ccccc2c1=O)N(CCO)Cc1ccccc1. The normalized spacial score (nSPS) is 10.9. The number of H-pyrrole nitrogens is 1. The second kappa shape index (κ2) is 8.46. The number of aromatic amines is 1. The molecule has 0 saturated heterocycles. The zero-order valence-electron chi connectivity index (χ0n) is 14.8. The monoisotopic (exact) mass is 367 g/mol. The molecular weight excluding hydrogens is 346 g/mol. The summed E-state index contributed by atoms with van der Waals surface area (Å²) in [4.78, 5) is 38.8. The summed E-state index contributed by atoms with van der Waals surface area (Å²) < 4.78 is 1.17. The van der Waals surface area contributed by atoms with Gasteiger partial charge in [-0.25, -0.2) is 4.68 Å². The largest absolute Gasteiger partial charge is 0.395 e. The molecule has 0 saturated carbocycles. The topological polar surface area (TPSA) is 95.4 Å². The number of rotatable bonds is 7. The zero-order chi connectivity index (χ0) is 19.2. The van der Waals surface area contributed by atoms with Crippen LogP contribution in [0.4, 0.5) is 0 Å². The number of aryl methyl sites for hydroxylation is 1. The molecule has 1 aromatic heterocycles. The van der Waals surface area contributed by atoms with Crippen molar-refractivity contribution in [1.82, 2.24) is 14.7 Å². The minimum absolute atomic E-state index is 0.0427. The number of aliphatic hydroxyl groups is 1.